The van der Waals surface area contributed by atoms with Crippen molar-refractivity contribution in [2.75, 3.05) is 6.61 Å². The summed E-state index contributed by atoms with van der Waals surface area (Å²) in [5.41, 5.74) is -0.00901. The van der Waals surface area contributed by atoms with E-state index in [0.29, 0.717) is 17.5 Å². The summed E-state index contributed by atoms with van der Waals surface area (Å²) in [6.45, 7) is 9.40. The van der Waals surface area contributed by atoms with Gasteiger partial charge in [0.1, 0.15) is 24.2 Å². The van der Waals surface area contributed by atoms with E-state index in [1.54, 1.807) is 0 Å². The second-order valence-corrected chi connectivity index (χ2v) is 10.6. The van der Waals surface area contributed by atoms with Crippen LogP contribution >= 0.6 is 11.8 Å². The lowest BCUT2D eigenvalue weighted by atomic mass is 9.97. The van der Waals surface area contributed by atoms with E-state index >= 15 is 0 Å². The molecule has 1 aromatic carbocycles. The second-order valence-electron chi connectivity index (χ2n) is 9.51. The van der Waals surface area contributed by atoms with Gasteiger partial charge < -0.3 is 28.8 Å². The van der Waals surface area contributed by atoms with E-state index in [1.807, 2.05) is 34.9 Å². The second kappa shape index (κ2) is 13.6. The van der Waals surface area contributed by atoms with Crippen LogP contribution in [0.5, 0.6) is 0 Å². The Labute approximate surface area is 231 Å². The van der Waals surface area contributed by atoms with Crippen LogP contribution in [0.15, 0.2) is 35.5 Å². The third-order valence-electron chi connectivity index (χ3n) is 5.59. The zero-order valence-electron chi connectivity index (χ0n) is 22.8. The first kappa shape index (κ1) is 30.1. The minimum Gasteiger partial charge on any atom is -0.463 e. The summed E-state index contributed by atoms with van der Waals surface area (Å²) in [7, 11) is 0. The highest BCUT2D eigenvalue weighted by atomic mass is 32.2. The van der Waals surface area contributed by atoms with Crippen molar-refractivity contribution in [1.82, 2.24) is 20.1 Å². The number of esters is 3. The Morgan fingerprint density at radius 1 is 0.974 bits per heavy atom. The molecule has 1 aromatic heterocycles. The molecule has 1 aliphatic rings. The molecule has 1 saturated heterocycles. The molecule has 1 fully saturated rings. The van der Waals surface area contributed by atoms with E-state index < -0.39 is 53.6 Å². The van der Waals surface area contributed by atoms with Crippen molar-refractivity contribution in [2.24, 2.45) is 5.92 Å². The van der Waals surface area contributed by atoms with Gasteiger partial charge in [0.2, 0.25) is 5.91 Å². The lowest BCUT2D eigenvalue weighted by Crippen LogP contribution is -2.65. The van der Waals surface area contributed by atoms with Crippen LogP contribution in [0.4, 0.5) is 0 Å². The third-order valence-corrected chi connectivity index (χ3v) is 6.74. The van der Waals surface area contributed by atoms with Crippen molar-refractivity contribution in [3.05, 3.63) is 30.3 Å². The molecule has 0 saturated carbocycles. The fourth-order valence-corrected chi connectivity index (χ4v) is 5.35. The molecule has 1 amide bonds. The maximum absolute atomic E-state index is 12.2. The number of hydrogen-bond donors (Lipinski definition) is 1. The van der Waals surface area contributed by atoms with Gasteiger partial charge in [0, 0.05) is 39.8 Å². The van der Waals surface area contributed by atoms with Crippen LogP contribution in [-0.4, -0.2) is 75.0 Å². The first-order valence-electron chi connectivity index (χ1n) is 12.5. The lowest BCUT2D eigenvalue weighted by Gasteiger charge is -2.44. The number of thioether (sulfide) groups is 1. The summed E-state index contributed by atoms with van der Waals surface area (Å²) < 4.78 is 24.5. The molecule has 0 unspecified atom stereocenters. The molecule has 212 valence electrons. The number of carbonyl (C=O) groups excluding carboxylic acids is 4. The SMILES string of the molecule is CC(=O)N[C@@H]1[C@@H](OC(C)=O)[C@H](OC(C)=O)[C@@H](COC(C)=O)O[C@@H]1Sc1nnc(-c2ccccc2)n1CC(C)C. The van der Waals surface area contributed by atoms with Gasteiger partial charge >= 0.3 is 17.9 Å². The van der Waals surface area contributed by atoms with E-state index in [-0.39, 0.29) is 12.5 Å². The molecule has 2 heterocycles. The average Bonchev–Trinajstić information content (AvgIpc) is 3.22. The predicted molar refractivity (Wildman–Crippen MR) is 140 cm³/mol. The first-order chi connectivity index (χ1) is 18.5. The Morgan fingerprint density at radius 2 is 1.62 bits per heavy atom. The van der Waals surface area contributed by atoms with Crippen LogP contribution in [0, 0.1) is 5.92 Å². The molecule has 0 spiro atoms. The summed E-state index contributed by atoms with van der Waals surface area (Å²) >= 11 is 1.17. The normalized spacial score (nSPS) is 22.7. The number of hydrogen-bond acceptors (Lipinski definition) is 11. The summed E-state index contributed by atoms with van der Waals surface area (Å²) in [6.07, 6.45) is -3.30. The highest BCUT2D eigenvalue weighted by Gasteiger charge is 2.51. The lowest BCUT2D eigenvalue weighted by molar-refractivity contribution is -0.211. The number of amides is 1. The molecule has 39 heavy (non-hydrogen) atoms. The molecular formula is C26H34N4O8S. The fraction of sp³-hybridized carbons (Fsp3) is 0.538. The van der Waals surface area contributed by atoms with E-state index in [2.05, 4.69) is 29.4 Å². The Morgan fingerprint density at radius 3 is 2.18 bits per heavy atom. The minimum absolute atomic E-state index is 0.250. The van der Waals surface area contributed by atoms with Crippen molar-refractivity contribution < 1.29 is 38.1 Å². The molecule has 1 N–H and O–H groups in total. The van der Waals surface area contributed by atoms with E-state index in [1.165, 1.54) is 39.5 Å². The number of rotatable bonds is 10. The first-order valence-corrected chi connectivity index (χ1v) is 13.4. The van der Waals surface area contributed by atoms with Crippen LogP contribution in [0.25, 0.3) is 11.4 Å². The largest absolute Gasteiger partial charge is 0.463 e. The number of nitrogens with one attached hydrogen (secondary N) is 1. The van der Waals surface area contributed by atoms with E-state index in [4.69, 9.17) is 18.9 Å². The summed E-state index contributed by atoms with van der Waals surface area (Å²) in [6, 6.07) is 8.65. The Hall–Kier alpha value is -3.45. The molecule has 0 bridgehead atoms. The minimum atomic E-state index is -1.16. The molecule has 2 aromatic rings. The summed E-state index contributed by atoms with van der Waals surface area (Å²) in [4.78, 5) is 47.9. The summed E-state index contributed by atoms with van der Waals surface area (Å²) in [5.74, 6) is -1.39. The zero-order valence-corrected chi connectivity index (χ0v) is 23.6. The van der Waals surface area contributed by atoms with Gasteiger partial charge in [-0.15, -0.1) is 10.2 Å². The van der Waals surface area contributed by atoms with E-state index in [9.17, 15) is 19.2 Å². The number of aromatic nitrogens is 3. The van der Waals surface area contributed by atoms with Crippen molar-refractivity contribution in [2.45, 2.75) is 83.0 Å². The third kappa shape index (κ3) is 8.27. The van der Waals surface area contributed by atoms with Gasteiger partial charge in [0.15, 0.2) is 23.2 Å². The van der Waals surface area contributed by atoms with Gasteiger partial charge in [-0.3, -0.25) is 19.2 Å². The smallest absolute Gasteiger partial charge is 0.303 e. The van der Waals surface area contributed by atoms with Crippen molar-refractivity contribution in [3.8, 4) is 11.4 Å². The Bertz CT molecular complexity index is 1170. The molecule has 0 radical (unpaired) electrons. The van der Waals surface area contributed by atoms with E-state index in [0.717, 1.165) is 5.56 Å². The van der Waals surface area contributed by atoms with Crippen LogP contribution in [0.3, 0.4) is 0 Å². The van der Waals surface area contributed by atoms with Gasteiger partial charge in [-0.2, -0.15) is 0 Å². The molecule has 3 rings (SSSR count). The number of benzene rings is 1. The fourth-order valence-electron chi connectivity index (χ4n) is 4.20. The van der Waals surface area contributed by atoms with Gasteiger partial charge in [0.05, 0.1) is 0 Å². The van der Waals surface area contributed by atoms with Crippen molar-refractivity contribution in [1.29, 1.82) is 0 Å². The number of carbonyl (C=O) groups is 4. The maximum Gasteiger partial charge on any atom is 0.303 e. The molecule has 1 aliphatic heterocycles. The van der Waals surface area contributed by atoms with Gasteiger partial charge in [-0.1, -0.05) is 55.9 Å². The number of ether oxygens (including phenoxy) is 4. The predicted octanol–water partition coefficient (Wildman–Crippen LogP) is 2.35. The van der Waals surface area contributed by atoms with Crippen LogP contribution in [0.2, 0.25) is 0 Å². The van der Waals surface area contributed by atoms with Crippen molar-refractivity contribution >= 4 is 35.6 Å². The molecular weight excluding hydrogens is 528 g/mol. The standard InChI is InChI=1S/C26H34N4O8S/c1-14(2)12-30-24(19-10-8-7-9-11-19)28-29-26(30)39-25-21(27-15(3)31)23(37-18(6)34)22(36-17(5)33)20(38-25)13-35-16(4)32/h7-11,14,20-23,25H,12-13H2,1-6H3,(H,27,31)/t20-,21-,22-,23-,25-/m1/s1. The zero-order chi connectivity index (χ0) is 28.7. The maximum atomic E-state index is 12.2. The van der Waals surface area contributed by atoms with Gasteiger partial charge in [-0.25, -0.2) is 0 Å². The topological polar surface area (TPSA) is 148 Å². The summed E-state index contributed by atoms with van der Waals surface area (Å²) in [5, 5.41) is 12.1. The van der Waals surface area contributed by atoms with Crippen molar-refractivity contribution in [3.63, 3.8) is 0 Å². The highest BCUT2D eigenvalue weighted by Crippen LogP contribution is 2.37. The van der Waals surface area contributed by atoms with Crippen LogP contribution in [-0.2, 0) is 44.7 Å². The average molecular weight is 563 g/mol. The van der Waals surface area contributed by atoms with Gasteiger partial charge in [-0.05, 0) is 5.92 Å². The molecule has 12 nitrogen and oxygen atoms in total. The Balaban J connectivity index is 2.05. The van der Waals surface area contributed by atoms with Gasteiger partial charge in [0.25, 0.3) is 0 Å². The molecule has 5 atom stereocenters. The van der Waals surface area contributed by atoms with Crippen LogP contribution < -0.4 is 5.32 Å². The Kier molecular flexibility index (Phi) is 10.5. The monoisotopic (exact) mass is 562 g/mol. The quantitative estimate of drug-likeness (QED) is 0.336. The van der Waals surface area contributed by atoms with Crippen LogP contribution in [0.1, 0.15) is 41.5 Å². The number of nitrogens with zero attached hydrogens (tertiary/aromatic N) is 3. The molecule has 0 aliphatic carbocycles. The highest BCUT2D eigenvalue weighted by molar-refractivity contribution is 7.99. The molecule has 13 heteroatoms.